The monoisotopic (exact) mass is 400 g/mol. The lowest BCUT2D eigenvalue weighted by Gasteiger charge is -2.36. The highest BCUT2D eigenvalue weighted by Crippen LogP contribution is 2.33. The fraction of sp³-hybridized carbons (Fsp3) is 0.667. The third-order valence-electron chi connectivity index (χ3n) is 6.21. The van der Waals surface area contributed by atoms with Crippen molar-refractivity contribution in [2.24, 2.45) is 11.8 Å². The molecule has 1 aromatic carbocycles. The number of hydrogen-bond acceptors (Lipinski definition) is 3. The van der Waals surface area contributed by atoms with Crippen molar-refractivity contribution in [2.75, 3.05) is 19.6 Å². The number of amides is 2. The van der Waals surface area contributed by atoms with Gasteiger partial charge in [-0.25, -0.2) is 4.79 Å². The molecule has 2 fully saturated rings. The molecule has 1 saturated carbocycles. The zero-order valence-corrected chi connectivity index (χ0v) is 18.2. The van der Waals surface area contributed by atoms with Crippen LogP contribution in [-0.4, -0.2) is 42.1 Å². The number of carbonyl (C=O) groups excluding carboxylic acids is 2. The molecule has 5 heteroatoms. The van der Waals surface area contributed by atoms with Gasteiger partial charge in [-0.3, -0.25) is 4.79 Å². The number of benzene rings is 1. The van der Waals surface area contributed by atoms with Crippen LogP contribution in [0.25, 0.3) is 0 Å². The average molecular weight is 401 g/mol. The Kier molecular flexibility index (Phi) is 7.20. The van der Waals surface area contributed by atoms with Gasteiger partial charge in [-0.1, -0.05) is 30.3 Å². The molecule has 3 rings (SSSR count). The molecule has 0 bridgehead atoms. The summed E-state index contributed by atoms with van der Waals surface area (Å²) in [6, 6.07) is 10.7. The lowest BCUT2D eigenvalue weighted by atomic mass is 9.80. The summed E-state index contributed by atoms with van der Waals surface area (Å²) in [5.41, 5.74) is 0.930. The highest BCUT2D eigenvalue weighted by Gasteiger charge is 2.32. The summed E-state index contributed by atoms with van der Waals surface area (Å²) in [6.45, 7) is 7.99. The van der Waals surface area contributed by atoms with Gasteiger partial charge in [0.25, 0.3) is 0 Å². The van der Waals surface area contributed by atoms with Crippen molar-refractivity contribution in [2.45, 2.75) is 70.8 Å². The topological polar surface area (TPSA) is 58.6 Å². The molecule has 0 unspecified atom stereocenters. The van der Waals surface area contributed by atoms with Gasteiger partial charge in [-0.15, -0.1) is 0 Å². The summed E-state index contributed by atoms with van der Waals surface area (Å²) in [7, 11) is 0. The molecule has 1 aliphatic carbocycles. The standard InChI is InChI=1S/C24H36N2O3/c1-24(2,3)29-23(28)25-17-18-9-11-21(12-10-18)22(27)26-15-13-20(14-16-26)19-7-5-4-6-8-19/h4-8,18,20-21H,9-17H2,1-3H3,(H,25,28). The van der Waals surface area contributed by atoms with Crippen LogP contribution < -0.4 is 5.32 Å². The molecule has 1 saturated heterocycles. The molecule has 0 atom stereocenters. The van der Waals surface area contributed by atoms with Crippen molar-refractivity contribution in [3.05, 3.63) is 35.9 Å². The number of ether oxygens (including phenoxy) is 1. The van der Waals surface area contributed by atoms with Crippen LogP contribution in [0.3, 0.4) is 0 Å². The summed E-state index contributed by atoms with van der Waals surface area (Å²) in [5, 5.41) is 2.88. The second-order valence-corrected chi connectivity index (χ2v) is 9.61. The Hall–Kier alpha value is -2.04. The first-order valence-corrected chi connectivity index (χ1v) is 11.1. The van der Waals surface area contributed by atoms with Crippen molar-refractivity contribution in [3.63, 3.8) is 0 Å². The Morgan fingerprint density at radius 1 is 1.00 bits per heavy atom. The zero-order valence-electron chi connectivity index (χ0n) is 18.2. The maximum absolute atomic E-state index is 13.0. The van der Waals surface area contributed by atoms with E-state index in [0.29, 0.717) is 24.3 Å². The molecule has 160 valence electrons. The average Bonchev–Trinajstić information content (AvgIpc) is 2.72. The first-order valence-electron chi connectivity index (χ1n) is 11.1. The van der Waals surface area contributed by atoms with Crippen LogP contribution in [0.4, 0.5) is 4.79 Å². The molecular formula is C24H36N2O3. The van der Waals surface area contributed by atoms with Gasteiger partial charge in [0, 0.05) is 25.6 Å². The normalized spacial score (nSPS) is 23.5. The van der Waals surface area contributed by atoms with E-state index >= 15 is 0 Å². The molecule has 5 nitrogen and oxygen atoms in total. The quantitative estimate of drug-likeness (QED) is 0.795. The summed E-state index contributed by atoms with van der Waals surface area (Å²) < 4.78 is 5.30. The minimum atomic E-state index is -0.470. The molecule has 0 aromatic heterocycles. The van der Waals surface area contributed by atoms with Gasteiger partial charge in [-0.05, 0) is 76.7 Å². The van der Waals surface area contributed by atoms with Gasteiger partial charge < -0.3 is 15.0 Å². The fourth-order valence-corrected chi connectivity index (χ4v) is 4.57. The Morgan fingerprint density at radius 3 is 2.21 bits per heavy atom. The third kappa shape index (κ3) is 6.48. The number of piperidine rings is 1. The Morgan fingerprint density at radius 2 is 1.62 bits per heavy atom. The molecular weight excluding hydrogens is 364 g/mol. The Balaban J connectivity index is 1.38. The summed E-state index contributed by atoms with van der Waals surface area (Å²) in [4.78, 5) is 26.9. The van der Waals surface area contributed by atoms with Crippen LogP contribution in [0.15, 0.2) is 30.3 Å². The first kappa shape index (κ1) is 21.7. The van der Waals surface area contributed by atoms with Crippen molar-refractivity contribution in [1.82, 2.24) is 10.2 Å². The Labute approximate surface area is 175 Å². The van der Waals surface area contributed by atoms with Gasteiger partial charge in [-0.2, -0.15) is 0 Å². The van der Waals surface area contributed by atoms with Crippen molar-refractivity contribution in [1.29, 1.82) is 0 Å². The second kappa shape index (κ2) is 9.64. The van der Waals surface area contributed by atoms with Crippen LogP contribution in [0.5, 0.6) is 0 Å². The summed E-state index contributed by atoms with van der Waals surface area (Å²) in [5.74, 6) is 1.52. The first-order chi connectivity index (χ1) is 13.8. The highest BCUT2D eigenvalue weighted by molar-refractivity contribution is 5.79. The molecule has 2 aliphatic rings. The van der Waals surface area contributed by atoms with Gasteiger partial charge in [0.1, 0.15) is 5.60 Å². The van der Waals surface area contributed by atoms with Crippen molar-refractivity contribution in [3.8, 4) is 0 Å². The van der Waals surface area contributed by atoms with E-state index < -0.39 is 5.60 Å². The van der Waals surface area contributed by atoms with E-state index in [0.717, 1.165) is 51.6 Å². The fourth-order valence-electron chi connectivity index (χ4n) is 4.57. The SMILES string of the molecule is CC(C)(C)OC(=O)NCC1CCC(C(=O)N2CCC(c3ccccc3)CC2)CC1. The smallest absolute Gasteiger partial charge is 0.407 e. The maximum Gasteiger partial charge on any atom is 0.407 e. The van der Waals surface area contributed by atoms with E-state index in [-0.39, 0.29) is 12.0 Å². The van der Waals surface area contributed by atoms with Gasteiger partial charge in [0.05, 0.1) is 0 Å². The Bertz CT molecular complexity index is 667. The van der Waals surface area contributed by atoms with Crippen LogP contribution in [0.2, 0.25) is 0 Å². The lowest BCUT2D eigenvalue weighted by molar-refractivity contribution is -0.138. The van der Waals surface area contributed by atoms with Gasteiger partial charge in [0.2, 0.25) is 5.91 Å². The minimum Gasteiger partial charge on any atom is -0.444 e. The molecule has 0 spiro atoms. The van der Waals surface area contributed by atoms with Crippen LogP contribution in [0.1, 0.15) is 70.8 Å². The number of alkyl carbamates (subject to hydrolysis) is 1. The van der Waals surface area contributed by atoms with E-state index in [2.05, 4.69) is 40.5 Å². The van der Waals surface area contributed by atoms with Gasteiger partial charge in [0.15, 0.2) is 0 Å². The maximum atomic E-state index is 13.0. The number of likely N-dealkylation sites (tertiary alicyclic amines) is 1. The van der Waals surface area contributed by atoms with E-state index in [9.17, 15) is 9.59 Å². The number of hydrogen-bond donors (Lipinski definition) is 1. The van der Waals surface area contributed by atoms with Gasteiger partial charge >= 0.3 is 6.09 Å². The van der Waals surface area contributed by atoms with E-state index in [4.69, 9.17) is 4.74 Å². The number of nitrogens with one attached hydrogen (secondary N) is 1. The van der Waals surface area contributed by atoms with E-state index in [1.54, 1.807) is 0 Å². The second-order valence-electron chi connectivity index (χ2n) is 9.61. The molecule has 29 heavy (non-hydrogen) atoms. The highest BCUT2D eigenvalue weighted by atomic mass is 16.6. The summed E-state index contributed by atoms with van der Waals surface area (Å²) >= 11 is 0. The van der Waals surface area contributed by atoms with E-state index in [1.807, 2.05) is 20.8 Å². The minimum absolute atomic E-state index is 0.154. The molecule has 1 aromatic rings. The largest absolute Gasteiger partial charge is 0.444 e. The van der Waals surface area contributed by atoms with Crippen LogP contribution >= 0.6 is 0 Å². The van der Waals surface area contributed by atoms with Crippen molar-refractivity contribution >= 4 is 12.0 Å². The van der Waals surface area contributed by atoms with E-state index in [1.165, 1.54) is 5.56 Å². The van der Waals surface area contributed by atoms with Crippen molar-refractivity contribution < 1.29 is 14.3 Å². The molecule has 2 amide bonds. The molecule has 1 aliphatic heterocycles. The summed E-state index contributed by atoms with van der Waals surface area (Å²) in [6.07, 6.45) is 5.61. The molecule has 0 radical (unpaired) electrons. The number of rotatable bonds is 4. The third-order valence-corrected chi connectivity index (χ3v) is 6.21. The molecule has 1 heterocycles. The lowest BCUT2D eigenvalue weighted by Crippen LogP contribution is -2.43. The number of carbonyl (C=O) groups is 2. The number of nitrogens with zero attached hydrogens (tertiary/aromatic N) is 1. The zero-order chi connectivity index (χ0) is 20.9. The predicted molar refractivity (Wildman–Crippen MR) is 115 cm³/mol. The van der Waals surface area contributed by atoms with Crippen LogP contribution in [-0.2, 0) is 9.53 Å². The predicted octanol–water partition coefficient (Wildman–Crippen LogP) is 4.72. The van der Waals surface area contributed by atoms with Crippen LogP contribution in [0, 0.1) is 11.8 Å². The molecule has 1 N–H and O–H groups in total.